The lowest BCUT2D eigenvalue weighted by Gasteiger charge is -1.92. The summed E-state index contributed by atoms with van der Waals surface area (Å²) in [7, 11) is 0. The minimum atomic E-state index is -0.386. The molecule has 1 heterocycles. The fraction of sp³-hybridized carbons (Fsp3) is 0.500. The molecule has 9 heavy (non-hydrogen) atoms. The molecule has 1 aromatic rings. The van der Waals surface area contributed by atoms with Crippen LogP contribution in [0.15, 0.2) is 6.20 Å². The first-order valence-corrected chi connectivity index (χ1v) is 2.93. The van der Waals surface area contributed by atoms with Crippen molar-refractivity contribution in [1.82, 2.24) is 9.78 Å². The van der Waals surface area contributed by atoms with Crippen molar-refractivity contribution in [2.75, 3.05) is 0 Å². The molecule has 1 aromatic heterocycles. The maximum atomic E-state index is 12.1. The highest BCUT2D eigenvalue weighted by Crippen LogP contribution is 1.93. The molecule has 0 saturated heterocycles. The van der Waals surface area contributed by atoms with Crippen LogP contribution >= 0.6 is 0 Å². The molecule has 0 amide bonds. The molecular formula is C6H8FN2. The van der Waals surface area contributed by atoms with Gasteiger partial charge in [0.25, 0.3) is 0 Å². The maximum absolute atomic E-state index is 12.1. The molecule has 49 valence electrons. The smallest absolute Gasteiger partial charge is 0.170 e. The van der Waals surface area contributed by atoms with Crippen molar-refractivity contribution in [1.29, 1.82) is 0 Å². The largest absolute Gasteiger partial charge is 0.269 e. The fourth-order valence-electron chi connectivity index (χ4n) is 0.644. The molecule has 0 aliphatic carbocycles. The van der Waals surface area contributed by atoms with E-state index in [0.29, 0.717) is 0 Å². The molecule has 0 aromatic carbocycles. The number of hydrogen-bond acceptors (Lipinski definition) is 1. The van der Waals surface area contributed by atoms with E-state index in [0.717, 1.165) is 13.0 Å². The van der Waals surface area contributed by atoms with E-state index < -0.39 is 0 Å². The Balaban J connectivity index is 2.61. The SMILES string of the molecule is CCCn1cc(F)[c]n1. The molecule has 1 rings (SSSR count). The molecule has 1 radical (unpaired) electrons. The van der Waals surface area contributed by atoms with E-state index in [9.17, 15) is 4.39 Å². The van der Waals surface area contributed by atoms with Gasteiger partial charge >= 0.3 is 0 Å². The van der Waals surface area contributed by atoms with Crippen LogP contribution < -0.4 is 0 Å². The van der Waals surface area contributed by atoms with E-state index in [2.05, 4.69) is 11.3 Å². The van der Waals surface area contributed by atoms with Crippen molar-refractivity contribution in [3.05, 3.63) is 18.2 Å². The number of aryl methyl sites for hydroxylation is 1. The molecule has 0 saturated carbocycles. The second kappa shape index (κ2) is 2.62. The number of hydrogen-bond donors (Lipinski definition) is 0. The predicted molar refractivity (Wildman–Crippen MR) is 31.3 cm³/mol. The fourth-order valence-corrected chi connectivity index (χ4v) is 0.644. The van der Waals surface area contributed by atoms with Crippen LogP contribution in [-0.4, -0.2) is 9.78 Å². The van der Waals surface area contributed by atoms with Crippen molar-refractivity contribution in [3.8, 4) is 0 Å². The maximum Gasteiger partial charge on any atom is 0.170 e. The Morgan fingerprint density at radius 2 is 2.67 bits per heavy atom. The van der Waals surface area contributed by atoms with Gasteiger partial charge in [0.05, 0.1) is 6.20 Å². The molecule has 0 unspecified atom stereocenters. The third kappa shape index (κ3) is 1.52. The van der Waals surface area contributed by atoms with Gasteiger partial charge < -0.3 is 0 Å². The Morgan fingerprint density at radius 3 is 3.11 bits per heavy atom. The third-order valence-electron chi connectivity index (χ3n) is 1.00. The van der Waals surface area contributed by atoms with Crippen molar-refractivity contribution in [3.63, 3.8) is 0 Å². The first kappa shape index (κ1) is 6.26. The molecule has 0 spiro atoms. The highest BCUT2D eigenvalue weighted by molar-refractivity contribution is 4.80. The zero-order chi connectivity index (χ0) is 6.69. The zero-order valence-electron chi connectivity index (χ0n) is 5.26. The summed E-state index contributed by atoms with van der Waals surface area (Å²) in [5, 5.41) is 3.62. The quantitative estimate of drug-likeness (QED) is 0.584. The highest BCUT2D eigenvalue weighted by atomic mass is 19.1. The van der Waals surface area contributed by atoms with Gasteiger partial charge in [-0.05, 0) is 6.42 Å². The summed E-state index contributed by atoms with van der Waals surface area (Å²) in [6.07, 6.45) is 4.50. The minimum Gasteiger partial charge on any atom is -0.269 e. The van der Waals surface area contributed by atoms with E-state index in [1.807, 2.05) is 6.92 Å². The first-order chi connectivity index (χ1) is 4.33. The standard InChI is InChI=1S/C6H8FN2/c1-2-3-9-5-6(7)4-8-9/h5H,2-3H2,1H3. The van der Waals surface area contributed by atoms with Gasteiger partial charge in [0.15, 0.2) is 12.0 Å². The molecular weight excluding hydrogens is 119 g/mol. The molecule has 2 nitrogen and oxygen atoms in total. The van der Waals surface area contributed by atoms with Crippen LogP contribution in [0.2, 0.25) is 0 Å². The van der Waals surface area contributed by atoms with Crippen LogP contribution in [0.3, 0.4) is 0 Å². The Hall–Kier alpha value is -0.860. The number of aromatic nitrogens is 2. The van der Waals surface area contributed by atoms with Gasteiger partial charge in [-0.2, -0.15) is 5.10 Å². The number of nitrogens with zero attached hydrogens (tertiary/aromatic N) is 2. The van der Waals surface area contributed by atoms with E-state index >= 15 is 0 Å². The van der Waals surface area contributed by atoms with E-state index in [4.69, 9.17) is 0 Å². The molecule has 0 aliphatic rings. The third-order valence-corrected chi connectivity index (χ3v) is 1.00. The van der Waals surface area contributed by atoms with Crippen molar-refractivity contribution >= 4 is 0 Å². The first-order valence-electron chi connectivity index (χ1n) is 2.93. The average molecular weight is 127 g/mol. The summed E-state index contributed by atoms with van der Waals surface area (Å²) in [5.74, 6) is -0.386. The summed E-state index contributed by atoms with van der Waals surface area (Å²) in [6.45, 7) is 2.78. The van der Waals surface area contributed by atoms with Crippen LogP contribution in [0.5, 0.6) is 0 Å². The summed E-state index contributed by atoms with van der Waals surface area (Å²) in [4.78, 5) is 0. The van der Waals surface area contributed by atoms with Gasteiger partial charge in [0.1, 0.15) is 0 Å². The van der Waals surface area contributed by atoms with Gasteiger partial charge in [0, 0.05) is 6.54 Å². The Bertz CT molecular complexity index is 183. The lowest BCUT2D eigenvalue weighted by atomic mass is 10.5. The molecule has 0 aliphatic heterocycles. The van der Waals surface area contributed by atoms with Gasteiger partial charge in [0.2, 0.25) is 0 Å². The Morgan fingerprint density at radius 1 is 1.89 bits per heavy atom. The molecule has 0 fully saturated rings. The van der Waals surface area contributed by atoms with Crippen molar-refractivity contribution < 1.29 is 4.39 Å². The van der Waals surface area contributed by atoms with Crippen LogP contribution in [0.4, 0.5) is 4.39 Å². The van der Waals surface area contributed by atoms with E-state index in [-0.39, 0.29) is 5.82 Å². The summed E-state index contributed by atoms with van der Waals surface area (Å²) < 4.78 is 13.6. The zero-order valence-corrected chi connectivity index (χ0v) is 5.26. The summed E-state index contributed by atoms with van der Waals surface area (Å²) in [6, 6.07) is 0. The topological polar surface area (TPSA) is 17.8 Å². The lowest BCUT2D eigenvalue weighted by molar-refractivity contribution is 0.588. The normalized spacial score (nSPS) is 10.0. The predicted octanol–water partition coefficient (Wildman–Crippen LogP) is 1.23. The Labute approximate surface area is 53.3 Å². The van der Waals surface area contributed by atoms with Crippen LogP contribution in [-0.2, 0) is 6.54 Å². The van der Waals surface area contributed by atoms with E-state index in [1.54, 1.807) is 0 Å². The van der Waals surface area contributed by atoms with Gasteiger partial charge in [-0.3, -0.25) is 4.68 Å². The van der Waals surface area contributed by atoms with Crippen LogP contribution in [0, 0.1) is 12.0 Å². The molecule has 3 heteroatoms. The van der Waals surface area contributed by atoms with E-state index in [1.165, 1.54) is 10.9 Å². The lowest BCUT2D eigenvalue weighted by Crippen LogP contribution is -1.95. The second-order valence-electron chi connectivity index (χ2n) is 1.85. The number of halogens is 1. The molecule has 0 N–H and O–H groups in total. The van der Waals surface area contributed by atoms with Crippen LogP contribution in [0.25, 0.3) is 0 Å². The van der Waals surface area contributed by atoms with Gasteiger partial charge in [-0.25, -0.2) is 4.39 Å². The Kier molecular flexibility index (Phi) is 1.82. The average Bonchev–Trinajstić information content (AvgIpc) is 2.17. The monoisotopic (exact) mass is 127 g/mol. The number of rotatable bonds is 2. The van der Waals surface area contributed by atoms with Gasteiger partial charge in [-0.15, -0.1) is 0 Å². The minimum absolute atomic E-state index is 0.386. The summed E-state index contributed by atoms with van der Waals surface area (Å²) >= 11 is 0. The molecule has 0 bridgehead atoms. The van der Waals surface area contributed by atoms with Crippen molar-refractivity contribution in [2.24, 2.45) is 0 Å². The summed E-state index contributed by atoms with van der Waals surface area (Å²) in [5.41, 5.74) is 0. The molecule has 0 atom stereocenters. The second-order valence-corrected chi connectivity index (χ2v) is 1.85. The van der Waals surface area contributed by atoms with Crippen LogP contribution in [0.1, 0.15) is 13.3 Å². The van der Waals surface area contributed by atoms with Crippen molar-refractivity contribution in [2.45, 2.75) is 19.9 Å². The highest BCUT2D eigenvalue weighted by Gasteiger charge is 1.93. The van der Waals surface area contributed by atoms with Gasteiger partial charge in [-0.1, -0.05) is 6.92 Å².